The zero-order chi connectivity index (χ0) is 32.0. The molecular weight excluding hydrogens is 566 g/mol. The van der Waals surface area contributed by atoms with Crippen molar-refractivity contribution in [2.75, 3.05) is 26.2 Å². The Hall–Kier alpha value is -3.63. The van der Waals surface area contributed by atoms with Gasteiger partial charge in [0.1, 0.15) is 6.04 Å². The van der Waals surface area contributed by atoms with Crippen LogP contribution in [-0.2, 0) is 29.0 Å². The van der Waals surface area contributed by atoms with E-state index in [2.05, 4.69) is 25.4 Å². The van der Waals surface area contributed by atoms with Gasteiger partial charge in [0.15, 0.2) is 0 Å². The van der Waals surface area contributed by atoms with Crippen LogP contribution in [0.15, 0.2) is 79.1 Å². The van der Waals surface area contributed by atoms with E-state index in [1.165, 1.54) is 0 Å². The molecule has 0 spiro atoms. The van der Waals surface area contributed by atoms with Crippen LogP contribution in [-0.4, -0.2) is 86.8 Å². The number of hydrogen-bond donors (Lipinski definition) is 4. The number of fused-ring (bicyclic) bond motifs is 1. The van der Waals surface area contributed by atoms with Gasteiger partial charge in [-0.2, -0.15) is 0 Å². The number of rotatable bonds is 11. The second-order valence-corrected chi connectivity index (χ2v) is 13.6. The lowest BCUT2D eigenvalue weighted by atomic mass is 9.91. The SMILES string of the molecule is CC(C)(C)NC(=O)C1CN(Cc2cccnc2)CCN1C[C@@H](O)C[C@@H](Cc1ccccc1)C(=O)N[C@@H]1c2ccccc2C[C@@H]1O. The van der Waals surface area contributed by atoms with Gasteiger partial charge >= 0.3 is 0 Å². The molecule has 2 heterocycles. The molecule has 1 unspecified atom stereocenters. The summed E-state index contributed by atoms with van der Waals surface area (Å²) in [4.78, 5) is 35.9. The highest BCUT2D eigenvalue weighted by Crippen LogP contribution is 2.32. The Balaban J connectivity index is 1.29. The molecule has 2 amide bonds. The number of β-amino-alcohol motifs (C(OH)–C–C–N with tert-alkyl or cyclic N) is 1. The van der Waals surface area contributed by atoms with Crippen molar-refractivity contribution < 1.29 is 19.8 Å². The topological polar surface area (TPSA) is 118 Å². The number of aliphatic hydroxyl groups is 2. The monoisotopic (exact) mass is 613 g/mol. The molecule has 45 heavy (non-hydrogen) atoms. The lowest BCUT2D eigenvalue weighted by Gasteiger charge is -2.42. The molecule has 240 valence electrons. The fourth-order valence-electron chi connectivity index (χ4n) is 6.56. The third-order valence-electron chi connectivity index (χ3n) is 8.70. The first-order valence-electron chi connectivity index (χ1n) is 16.0. The van der Waals surface area contributed by atoms with Gasteiger partial charge in [-0.25, -0.2) is 0 Å². The number of nitrogens with one attached hydrogen (secondary N) is 2. The van der Waals surface area contributed by atoms with Crippen LogP contribution >= 0.6 is 0 Å². The first-order chi connectivity index (χ1) is 21.6. The Morgan fingerprint density at radius 3 is 2.47 bits per heavy atom. The summed E-state index contributed by atoms with van der Waals surface area (Å²) in [6.07, 6.45) is 3.26. The Morgan fingerprint density at radius 1 is 1.00 bits per heavy atom. The summed E-state index contributed by atoms with van der Waals surface area (Å²) in [6, 6.07) is 20.6. The highest BCUT2D eigenvalue weighted by atomic mass is 16.3. The lowest BCUT2D eigenvalue weighted by molar-refractivity contribution is -0.132. The summed E-state index contributed by atoms with van der Waals surface area (Å²) in [6.45, 7) is 8.74. The van der Waals surface area contributed by atoms with Gasteiger partial charge in [0.25, 0.3) is 0 Å². The van der Waals surface area contributed by atoms with E-state index >= 15 is 0 Å². The molecule has 9 heteroatoms. The first-order valence-corrected chi connectivity index (χ1v) is 16.0. The highest BCUT2D eigenvalue weighted by Gasteiger charge is 2.37. The largest absolute Gasteiger partial charge is 0.392 e. The number of carbonyl (C=O) groups excluding carboxylic acids is 2. The van der Waals surface area contributed by atoms with Crippen molar-refractivity contribution in [2.45, 2.75) is 76.4 Å². The number of nitrogens with zero attached hydrogens (tertiary/aromatic N) is 3. The maximum absolute atomic E-state index is 13.8. The molecular formula is C36H47N5O4. The Labute approximate surface area is 266 Å². The van der Waals surface area contributed by atoms with Gasteiger partial charge in [-0.05, 0) is 61.9 Å². The predicted molar refractivity (Wildman–Crippen MR) is 174 cm³/mol. The minimum absolute atomic E-state index is 0.0712. The standard InChI is InChI=1S/C36H47N5O4/c1-36(2,3)39-35(45)31-24-40(22-26-12-9-15-37-21-26)16-17-41(31)23-29(42)19-28(18-25-10-5-4-6-11-25)34(44)38-33-30-14-8-7-13-27(30)20-32(33)43/h4-15,21,28-29,31-33,42-43H,16-20,22-24H2,1-3H3,(H,38,44)(H,39,45)/t28-,29+,31?,32+,33-/m1/s1. The lowest BCUT2D eigenvalue weighted by Crippen LogP contribution is -2.61. The second-order valence-electron chi connectivity index (χ2n) is 13.6. The maximum Gasteiger partial charge on any atom is 0.239 e. The molecule has 1 saturated heterocycles. The van der Waals surface area contributed by atoms with Gasteiger partial charge in [-0.3, -0.25) is 24.4 Å². The summed E-state index contributed by atoms with van der Waals surface area (Å²) < 4.78 is 0. The van der Waals surface area contributed by atoms with E-state index in [4.69, 9.17) is 0 Å². The van der Waals surface area contributed by atoms with Crippen molar-refractivity contribution in [3.8, 4) is 0 Å². The van der Waals surface area contributed by atoms with Gasteiger partial charge in [-0.1, -0.05) is 60.7 Å². The summed E-state index contributed by atoms with van der Waals surface area (Å²) in [5.74, 6) is -0.781. The van der Waals surface area contributed by atoms with Crippen molar-refractivity contribution in [3.05, 3.63) is 101 Å². The molecule has 5 rings (SSSR count). The summed E-state index contributed by atoms with van der Waals surface area (Å²) in [5, 5.41) is 28.5. The minimum atomic E-state index is -0.833. The maximum atomic E-state index is 13.8. The van der Waals surface area contributed by atoms with Crippen LogP contribution in [0.2, 0.25) is 0 Å². The average molecular weight is 614 g/mol. The van der Waals surface area contributed by atoms with Crippen LogP contribution in [0, 0.1) is 5.92 Å². The second kappa shape index (κ2) is 14.6. The average Bonchev–Trinajstić information content (AvgIpc) is 3.32. The van der Waals surface area contributed by atoms with Gasteiger partial charge in [0, 0.05) is 63.0 Å². The molecule has 5 atom stereocenters. The number of aliphatic hydroxyl groups excluding tert-OH is 2. The van der Waals surface area contributed by atoms with E-state index in [-0.39, 0.29) is 24.8 Å². The summed E-state index contributed by atoms with van der Waals surface area (Å²) >= 11 is 0. The Bertz CT molecular complexity index is 1410. The van der Waals surface area contributed by atoms with Gasteiger partial charge in [-0.15, -0.1) is 0 Å². The first kappa shape index (κ1) is 32.8. The van der Waals surface area contributed by atoms with Crippen LogP contribution in [0.25, 0.3) is 0 Å². The van der Waals surface area contributed by atoms with Crippen molar-refractivity contribution in [3.63, 3.8) is 0 Å². The molecule has 1 aromatic heterocycles. The minimum Gasteiger partial charge on any atom is -0.392 e. The molecule has 0 radical (unpaired) electrons. The fourth-order valence-corrected chi connectivity index (χ4v) is 6.56. The Morgan fingerprint density at radius 2 is 1.73 bits per heavy atom. The van der Waals surface area contributed by atoms with Crippen LogP contribution in [0.4, 0.5) is 0 Å². The van der Waals surface area contributed by atoms with Crippen molar-refractivity contribution >= 4 is 11.8 Å². The van der Waals surface area contributed by atoms with Crippen LogP contribution in [0.1, 0.15) is 55.5 Å². The number of carbonyl (C=O) groups is 2. The zero-order valence-corrected chi connectivity index (χ0v) is 26.6. The molecule has 0 bridgehead atoms. The number of piperazine rings is 1. The predicted octanol–water partition coefficient (Wildman–Crippen LogP) is 2.87. The van der Waals surface area contributed by atoms with Gasteiger partial charge in [0.05, 0.1) is 18.2 Å². The number of benzene rings is 2. The molecule has 3 aromatic rings. The molecule has 9 nitrogen and oxygen atoms in total. The summed E-state index contributed by atoms with van der Waals surface area (Å²) in [5.41, 5.74) is 3.68. The molecule has 4 N–H and O–H groups in total. The third-order valence-corrected chi connectivity index (χ3v) is 8.70. The quantitative estimate of drug-likeness (QED) is 0.263. The van der Waals surface area contributed by atoms with E-state index in [1.54, 1.807) is 6.20 Å². The summed E-state index contributed by atoms with van der Waals surface area (Å²) in [7, 11) is 0. The van der Waals surface area contributed by atoms with E-state index in [9.17, 15) is 19.8 Å². The van der Waals surface area contributed by atoms with Crippen LogP contribution < -0.4 is 10.6 Å². The van der Waals surface area contributed by atoms with E-state index in [0.29, 0.717) is 32.5 Å². The molecule has 1 fully saturated rings. The van der Waals surface area contributed by atoms with Crippen molar-refractivity contribution in [2.24, 2.45) is 5.92 Å². The molecule has 2 aromatic carbocycles. The molecule has 1 aliphatic heterocycles. The van der Waals surface area contributed by atoms with Crippen LogP contribution in [0.5, 0.6) is 0 Å². The van der Waals surface area contributed by atoms with Gasteiger partial charge < -0.3 is 20.8 Å². The zero-order valence-electron chi connectivity index (χ0n) is 26.6. The van der Waals surface area contributed by atoms with Gasteiger partial charge in [0.2, 0.25) is 11.8 Å². The van der Waals surface area contributed by atoms with E-state index in [1.807, 2.05) is 93.7 Å². The number of pyridine rings is 1. The van der Waals surface area contributed by atoms with E-state index in [0.717, 1.165) is 28.8 Å². The number of amides is 2. The molecule has 2 aliphatic rings. The molecule has 0 saturated carbocycles. The third kappa shape index (κ3) is 8.98. The Kier molecular flexibility index (Phi) is 10.7. The van der Waals surface area contributed by atoms with Crippen molar-refractivity contribution in [1.82, 2.24) is 25.4 Å². The number of aromatic nitrogens is 1. The number of hydrogen-bond acceptors (Lipinski definition) is 7. The normalized spacial score (nSPS) is 21.9. The van der Waals surface area contributed by atoms with E-state index < -0.39 is 35.7 Å². The highest BCUT2D eigenvalue weighted by molar-refractivity contribution is 5.83. The van der Waals surface area contributed by atoms with Crippen molar-refractivity contribution in [1.29, 1.82) is 0 Å². The smallest absolute Gasteiger partial charge is 0.239 e. The van der Waals surface area contributed by atoms with Crippen LogP contribution in [0.3, 0.4) is 0 Å². The molecule has 1 aliphatic carbocycles. The fraction of sp³-hybridized carbons (Fsp3) is 0.472.